The van der Waals surface area contributed by atoms with Crippen LogP contribution in [0, 0.1) is 10.8 Å². The molecule has 3 fully saturated rings. The van der Waals surface area contributed by atoms with Gasteiger partial charge in [0.15, 0.2) is 0 Å². The van der Waals surface area contributed by atoms with E-state index < -0.39 is 5.67 Å². The summed E-state index contributed by atoms with van der Waals surface area (Å²) in [6.07, 6.45) is 3.01. The maximum atomic E-state index is 14.1. The van der Waals surface area contributed by atoms with Crippen molar-refractivity contribution >= 4 is 0 Å². The van der Waals surface area contributed by atoms with Crippen molar-refractivity contribution in [2.45, 2.75) is 57.9 Å². The SMILES string of the molecule is C[C@H]1C[C@@]2(C)C[C@]3(F)C[C@]3(C)[C@H]2O1. The monoisotopic (exact) mass is 184 g/mol. The number of ether oxygens (including phenoxy) is 1. The fraction of sp³-hybridized carbons (Fsp3) is 1.00. The summed E-state index contributed by atoms with van der Waals surface area (Å²) in [5.74, 6) is 0. The van der Waals surface area contributed by atoms with Crippen LogP contribution in [0.1, 0.15) is 40.0 Å². The van der Waals surface area contributed by atoms with Gasteiger partial charge in [0.2, 0.25) is 0 Å². The van der Waals surface area contributed by atoms with E-state index in [0.29, 0.717) is 6.10 Å². The quantitative estimate of drug-likeness (QED) is 0.562. The summed E-state index contributed by atoms with van der Waals surface area (Å²) in [4.78, 5) is 0. The van der Waals surface area contributed by atoms with Crippen LogP contribution in [-0.4, -0.2) is 17.9 Å². The first-order valence-corrected chi connectivity index (χ1v) is 5.24. The number of rotatable bonds is 0. The normalized spacial score (nSPS) is 69.2. The molecule has 5 atom stereocenters. The van der Waals surface area contributed by atoms with Crippen molar-refractivity contribution < 1.29 is 9.13 Å². The Kier molecular flexibility index (Phi) is 1.15. The largest absolute Gasteiger partial charge is 0.374 e. The second-order valence-electron chi connectivity index (χ2n) is 5.92. The Morgan fingerprint density at radius 1 is 1.31 bits per heavy atom. The second kappa shape index (κ2) is 1.81. The lowest BCUT2D eigenvalue weighted by molar-refractivity contribution is -0.00810. The lowest BCUT2D eigenvalue weighted by Gasteiger charge is -2.26. The minimum Gasteiger partial charge on any atom is -0.374 e. The molecular formula is C11H17FO. The number of alkyl halides is 1. The van der Waals surface area contributed by atoms with Crippen LogP contribution in [0.3, 0.4) is 0 Å². The summed E-state index contributed by atoms with van der Waals surface area (Å²) in [5.41, 5.74) is -0.903. The van der Waals surface area contributed by atoms with Gasteiger partial charge in [-0.3, -0.25) is 0 Å². The van der Waals surface area contributed by atoms with Crippen LogP contribution in [0.25, 0.3) is 0 Å². The highest BCUT2D eigenvalue weighted by molar-refractivity contribution is 5.29. The predicted molar refractivity (Wildman–Crippen MR) is 48.2 cm³/mol. The number of hydrogen-bond acceptors (Lipinski definition) is 1. The summed E-state index contributed by atoms with van der Waals surface area (Å²) in [6.45, 7) is 6.36. The number of hydrogen-bond donors (Lipinski definition) is 0. The zero-order chi connectivity index (χ0) is 9.48. The Morgan fingerprint density at radius 2 is 2.00 bits per heavy atom. The van der Waals surface area contributed by atoms with Crippen molar-refractivity contribution in [3.63, 3.8) is 0 Å². The van der Waals surface area contributed by atoms with Gasteiger partial charge in [0.25, 0.3) is 0 Å². The van der Waals surface area contributed by atoms with Crippen LogP contribution in [0.4, 0.5) is 4.39 Å². The molecule has 0 bridgehead atoms. The molecule has 0 radical (unpaired) electrons. The Balaban J connectivity index is 1.99. The molecule has 0 aromatic heterocycles. The molecule has 1 heterocycles. The molecule has 3 aliphatic rings. The number of fused-ring (bicyclic) bond motifs is 3. The highest BCUT2D eigenvalue weighted by atomic mass is 19.1. The van der Waals surface area contributed by atoms with E-state index in [-0.39, 0.29) is 16.9 Å². The average molecular weight is 184 g/mol. The van der Waals surface area contributed by atoms with E-state index in [2.05, 4.69) is 20.8 Å². The van der Waals surface area contributed by atoms with Crippen LogP contribution in [0.2, 0.25) is 0 Å². The van der Waals surface area contributed by atoms with Crippen LogP contribution >= 0.6 is 0 Å². The fourth-order valence-corrected chi connectivity index (χ4v) is 4.06. The highest BCUT2D eigenvalue weighted by Gasteiger charge is 2.80. The van der Waals surface area contributed by atoms with Crippen LogP contribution in [0.5, 0.6) is 0 Å². The Morgan fingerprint density at radius 3 is 2.62 bits per heavy atom. The lowest BCUT2D eigenvalue weighted by atomic mass is 9.79. The summed E-state index contributed by atoms with van der Waals surface area (Å²) >= 11 is 0. The van der Waals surface area contributed by atoms with Gasteiger partial charge in [-0.15, -0.1) is 0 Å². The molecule has 0 N–H and O–H groups in total. The van der Waals surface area contributed by atoms with Gasteiger partial charge in [-0.25, -0.2) is 4.39 Å². The Hall–Kier alpha value is -0.110. The lowest BCUT2D eigenvalue weighted by Crippen LogP contribution is -2.29. The third-order valence-corrected chi connectivity index (χ3v) is 4.56. The predicted octanol–water partition coefficient (Wildman–Crippen LogP) is 2.69. The maximum absolute atomic E-state index is 14.1. The highest BCUT2D eigenvalue weighted by Crippen LogP contribution is 2.77. The molecule has 0 unspecified atom stereocenters. The van der Waals surface area contributed by atoms with Crippen molar-refractivity contribution in [2.75, 3.05) is 0 Å². The standard InChI is InChI=1S/C11H17FO/c1-7-4-9(2)5-11(12)6-10(11,3)8(9)13-7/h7-8H,4-6H2,1-3H3/t7-,8-,9-,10+,11-/m0/s1. The van der Waals surface area contributed by atoms with Crippen LogP contribution in [-0.2, 0) is 4.74 Å². The van der Waals surface area contributed by atoms with E-state index in [1.165, 1.54) is 0 Å². The van der Waals surface area contributed by atoms with E-state index in [1.54, 1.807) is 0 Å². The third kappa shape index (κ3) is 0.731. The molecule has 13 heavy (non-hydrogen) atoms. The van der Waals surface area contributed by atoms with Gasteiger partial charge in [0.1, 0.15) is 5.67 Å². The van der Waals surface area contributed by atoms with Crippen molar-refractivity contribution in [3.05, 3.63) is 0 Å². The van der Waals surface area contributed by atoms with E-state index in [1.807, 2.05) is 0 Å². The van der Waals surface area contributed by atoms with Gasteiger partial charge in [0.05, 0.1) is 12.2 Å². The summed E-state index contributed by atoms with van der Waals surface area (Å²) in [5, 5.41) is 0. The molecule has 2 saturated carbocycles. The van der Waals surface area contributed by atoms with E-state index in [0.717, 1.165) is 19.3 Å². The van der Waals surface area contributed by atoms with Crippen molar-refractivity contribution in [1.82, 2.24) is 0 Å². The van der Waals surface area contributed by atoms with Gasteiger partial charge >= 0.3 is 0 Å². The molecule has 0 amide bonds. The first kappa shape index (κ1) is 8.22. The molecule has 0 spiro atoms. The van der Waals surface area contributed by atoms with Crippen molar-refractivity contribution in [2.24, 2.45) is 10.8 Å². The van der Waals surface area contributed by atoms with Gasteiger partial charge < -0.3 is 4.74 Å². The molecule has 3 rings (SSSR count). The number of halogens is 1. The molecule has 74 valence electrons. The molecule has 0 aromatic carbocycles. The summed E-state index contributed by atoms with van der Waals surface area (Å²) in [7, 11) is 0. The summed E-state index contributed by atoms with van der Waals surface area (Å²) < 4.78 is 20.0. The molecule has 1 nitrogen and oxygen atoms in total. The van der Waals surface area contributed by atoms with Gasteiger partial charge in [-0.1, -0.05) is 13.8 Å². The van der Waals surface area contributed by atoms with Crippen molar-refractivity contribution in [3.8, 4) is 0 Å². The van der Waals surface area contributed by atoms with Crippen molar-refractivity contribution in [1.29, 1.82) is 0 Å². The Bertz CT molecular complexity index is 279. The second-order valence-corrected chi connectivity index (χ2v) is 5.92. The van der Waals surface area contributed by atoms with Crippen LogP contribution in [0.15, 0.2) is 0 Å². The molecule has 1 aliphatic heterocycles. The third-order valence-electron chi connectivity index (χ3n) is 4.56. The van der Waals surface area contributed by atoms with E-state index in [9.17, 15) is 4.39 Å². The minimum atomic E-state index is -0.882. The topological polar surface area (TPSA) is 9.23 Å². The molecule has 2 heteroatoms. The zero-order valence-corrected chi connectivity index (χ0v) is 8.56. The van der Waals surface area contributed by atoms with E-state index in [4.69, 9.17) is 4.74 Å². The van der Waals surface area contributed by atoms with Gasteiger partial charge in [-0.2, -0.15) is 0 Å². The minimum absolute atomic E-state index is 0.126. The first-order valence-electron chi connectivity index (χ1n) is 5.24. The van der Waals surface area contributed by atoms with Gasteiger partial charge in [-0.05, 0) is 31.6 Å². The Labute approximate surface area is 78.7 Å². The van der Waals surface area contributed by atoms with E-state index >= 15 is 0 Å². The fourth-order valence-electron chi connectivity index (χ4n) is 4.06. The zero-order valence-electron chi connectivity index (χ0n) is 8.56. The van der Waals surface area contributed by atoms with Crippen LogP contribution < -0.4 is 0 Å². The van der Waals surface area contributed by atoms with Gasteiger partial charge in [0, 0.05) is 5.41 Å². The first-order chi connectivity index (χ1) is 5.90. The molecule has 2 aliphatic carbocycles. The molecular weight excluding hydrogens is 167 g/mol. The smallest absolute Gasteiger partial charge is 0.120 e. The molecule has 0 aromatic rings. The molecule has 1 saturated heterocycles. The maximum Gasteiger partial charge on any atom is 0.120 e. The average Bonchev–Trinajstić information content (AvgIpc) is 2.27. The summed E-state index contributed by atoms with van der Waals surface area (Å²) in [6, 6.07) is 0.